The van der Waals surface area contributed by atoms with Crippen molar-refractivity contribution in [3.05, 3.63) is 0 Å². The standard InChI is InChI=1S/C16H28N2O8Se2/c1-13(2,3)25-11(23)15(17,9(19)20)7-27-28-8-16(18,10(21)22)12(24)26-14(4,5)6/h7-8,17-18H2,1-6H3,(H,19,20)(H,21,22)/t15-,16-/m0/s1. The molecular weight excluding hydrogens is 506 g/mol. The van der Waals surface area contributed by atoms with Gasteiger partial charge in [0.25, 0.3) is 0 Å². The molecule has 0 saturated carbocycles. The van der Waals surface area contributed by atoms with Crippen molar-refractivity contribution in [3.63, 3.8) is 0 Å². The molecular formula is C16H28N2O8Se2. The second kappa shape index (κ2) is 9.56. The van der Waals surface area contributed by atoms with Crippen molar-refractivity contribution < 1.29 is 38.9 Å². The summed E-state index contributed by atoms with van der Waals surface area (Å²) in [5, 5.41) is 18.3. The number of hydrogen-bond acceptors (Lipinski definition) is 8. The van der Waals surface area contributed by atoms with E-state index in [1.807, 2.05) is 0 Å². The maximum absolute atomic E-state index is 12.2. The van der Waals surface area contributed by atoms with Gasteiger partial charge in [-0.15, -0.1) is 0 Å². The Morgan fingerprint density at radius 2 is 0.964 bits per heavy atom. The summed E-state index contributed by atoms with van der Waals surface area (Å²) in [7, 11) is 0. The zero-order chi connectivity index (χ0) is 22.6. The van der Waals surface area contributed by atoms with Gasteiger partial charge in [0.15, 0.2) is 0 Å². The summed E-state index contributed by atoms with van der Waals surface area (Å²) in [6.45, 7) is 9.49. The van der Waals surface area contributed by atoms with Gasteiger partial charge in [0.2, 0.25) is 0 Å². The third-order valence-electron chi connectivity index (χ3n) is 2.95. The number of carbonyl (C=O) groups excluding carboxylic acids is 2. The third-order valence-corrected chi connectivity index (χ3v) is 10.1. The summed E-state index contributed by atoms with van der Waals surface area (Å²) < 4.78 is 10.1. The number of carboxylic acids is 2. The van der Waals surface area contributed by atoms with Crippen molar-refractivity contribution in [2.75, 3.05) is 0 Å². The van der Waals surface area contributed by atoms with Gasteiger partial charge in [-0.05, 0) is 0 Å². The first-order valence-corrected chi connectivity index (χ1v) is 14.9. The normalized spacial score (nSPS) is 16.4. The van der Waals surface area contributed by atoms with Gasteiger partial charge in [-0.1, -0.05) is 0 Å². The Morgan fingerprint density at radius 1 is 0.714 bits per heavy atom. The molecule has 0 heterocycles. The topological polar surface area (TPSA) is 179 Å². The van der Waals surface area contributed by atoms with Crippen LogP contribution in [0.1, 0.15) is 41.5 Å². The van der Waals surface area contributed by atoms with Crippen LogP contribution in [0.5, 0.6) is 0 Å². The van der Waals surface area contributed by atoms with Gasteiger partial charge in [-0.25, -0.2) is 0 Å². The van der Waals surface area contributed by atoms with E-state index < -0.39 is 72.4 Å². The van der Waals surface area contributed by atoms with Crippen LogP contribution in [0.4, 0.5) is 0 Å². The van der Waals surface area contributed by atoms with Crippen molar-refractivity contribution in [1.82, 2.24) is 0 Å². The molecule has 6 N–H and O–H groups in total. The number of carbonyl (C=O) groups is 4. The van der Waals surface area contributed by atoms with Gasteiger partial charge in [0.05, 0.1) is 0 Å². The minimum atomic E-state index is -2.25. The van der Waals surface area contributed by atoms with Gasteiger partial charge in [0, 0.05) is 0 Å². The van der Waals surface area contributed by atoms with E-state index in [2.05, 4.69) is 0 Å². The molecule has 0 saturated heterocycles. The van der Waals surface area contributed by atoms with E-state index in [9.17, 15) is 29.4 Å². The summed E-state index contributed by atoms with van der Waals surface area (Å²) in [5.41, 5.74) is 5.19. The molecule has 0 unspecified atom stereocenters. The van der Waals surface area contributed by atoms with Crippen molar-refractivity contribution in [2.45, 2.75) is 74.5 Å². The fraction of sp³-hybridized carbons (Fsp3) is 0.750. The summed E-state index contributed by atoms with van der Waals surface area (Å²) in [6, 6.07) is 0. The molecule has 0 rings (SSSR count). The molecule has 0 spiro atoms. The van der Waals surface area contributed by atoms with Crippen molar-refractivity contribution in [2.24, 2.45) is 11.5 Å². The number of carboxylic acid groups (broad SMARTS) is 2. The van der Waals surface area contributed by atoms with Gasteiger partial charge in [0.1, 0.15) is 0 Å². The predicted molar refractivity (Wildman–Crippen MR) is 102 cm³/mol. The molecule has 0 aromatic heterocycles. The second-order valence-electron chi connectivity index (χ2n) is 8.08. The minimum absolute atomic E-state index is 0.228. The van der Waals surface area contributed by atoms with Crippen LogP contribution < -0.4 is 11.5 Å². The first-order valence-electron chi connectivity index (χ1n) is 8.11. The Labute approximate surface area is 174 Å². The summed E-state index contributed by atoms with van der Waals surface area (Å²) >= 11 is -1.09. The van der Waals surface area contributed by atoms with Crippen molar-refractivity contribution in [1.29, 1.82) is 0 Å². The molecule has 0 fully saturated rings. The molecule has 2 atom stereocenters. The molecule has 0 amide bonds. The van der Waals surface area contributed by atoms with Crippen molar-refractivity contribution in [3.8, 4) is 0 Å². The Kier molecular flexibility index (Phi) is 9.16. The molecule has 0 aromatic rings. The fourth-order valence-electron chi connectivity index (χ4n) is 1.42. The molecule has 0 radical (unpaired) electrons. The van der Waals surface area contributed by atoms with E-state index in [-0.39, 0.29) is 10.6 Å². The van der Waals surface area contributed by atoms with E-state index in [0.29, 0.717) is 0 Å². The summed E-state index contributed by atoms with van der Waals surface area (Å²) in [5.74, 6) is -5.23. The Hall–Kier alpha value is -1.16. The Balaban J connectivity index is 5.10. The Morgan fingerprint density at radius 3 is 1.14 bits per heavy atom. The van der Waals surface area contributed by atoms with Gasteiger partial charge < -0.3 is 0 Å². The number of rotatable bonds is 9. The average Bonchev–Trinajstić information content (AvgIpc) is 2.46. The second-order valence-corrected chi connectivity index (χ2v) is 15.4. The molecule has 0 aliphatic heterocycles. The summed E-state index contributed by atoms with van der Waals surface area (Å²) in [6.07, 6.45) is 0. The quantitative estimate of drug-likeness (QED) is 0.129. The number of esters is 2. The molecule has 0 aromatic carbocycles. The van der Waals surface area contributed by atoms with Crippen LogP contribution in [0.2, 0.25) is 10.6 Å². The monoisotopic (exact) mass is 536 g/mol. The molecule has 162 valence electrons. The van der Waals surface area contributed by atoms with E-state index in [1.54, 1.807) is 41.5 Å². The predicted octanol–water partition coefficient (Wildman–Crippen LogP) is -0.606. The van der Waals surface area contributed by atoms with Crippen LogP contribution in [0.3, 0.4) is 0 Å². The fourth-order valence-corrected chi connectivity index (χ4v) is 9.44. The Bertz CT molecular complexity index is 575. The van der Waals surface area contributed by atoms with Crippen molar-refractivity contribution >= 4 is 50.1 Å². The summed E-state index contributed by atoms with van der Waals surface area (Å²) in [4.78, 5) is 47.4. The van der Waals surface area contributed by atoms with E-state index >= 15 is 0 Å². The van der Waals surface area contributed by atoms with Crippen LogP contribution in [-0.2, 0) is 28.7 Å². The van der Waals surface area contributed by atoms with Crippen LogP contribution in [0, 0.1) is 0 Å². The molecule has 12 heteroatoms. The van der Waals surface area contributed by atoms with Crippen LogP contribution in [0.15, 0.2) is 0 Å². The van der Waals surface area contributed by atoms with E-state index in [0.717, 1.165) is 0 Å². The third kappa shape index (κ3) is 8.06. The molecule has 0 aliphatic rings. The van der Waals surface area contributed by atoms with E-state index in [1.165, 1.54) is 0 Å². The number of ether oxygens (including phenoxy) is 2. The van der Waals surface area contributed by atoms with Gasteiger partial charge in [-0.3, -0.25) is 0 Å². The van der Waals surface area contributed by atoms with Crippen LogP contribution in [0.25, 0.3) is 0 Å². The molecule has 0 aliphatic carbocycles. The number of aliphatic carboxylic acids is 2. The zero-order valence-electron chi connectivity index (χ0n) is 16.7. The van der Waals surface area contributed by atoms with Crippen LogP contribution >= 0.6 is 0 Å². The SMILES string of the molecule is CC(C)(C)OC(=O)[C@](N)(C[Se][Se]C[C@](N)(C(=O)O)C(=O)OC(C)(C)C)C(=O)O. The maximum atomic E-state index is 12.2. The first kappa shape index (κ1) is 26.8. The van der Waals surface area contributed by atoms with Gasteiger partial charge in [-0.2, -0.15) is 0 Å². The molecule has 0 bridgehead atoms. The average molecular weight is 534 g/mol. The molecule has 10 nitrogen and oxygen atoms in total. The van der Waals surface area contributed by atoms with E-state index in [4.69, 9.17) is 20.9 Å². The van der Waals surface area contributed by atoms with Crippen LogP contribution in [-0.4, -0.2) is 82.6 Å². The zero-order valence-corrected chi connectivity index (χ0v) is 20.2. The molecule has 28 heavy (non-hydrogen) atoms. The number of hydrogen-bond donors (Lipinski definition) is 4. The van der Waals surface area contributed by atoms with Gasteiger partial charge >= 0.3 is 175 Å². The first-order chi connectivity index (χ1) is 12.3. The number of nitrogens with two attached hydrogens (primary N) is 2.